The Morgan fingerprint density at radius 2 is 1.84 bits per heavy atom. The van der Waals surface area contributed by atoms with Gasteiger partial charge in [0.2, 0.25) is 0 Å². The number of para-hydroxylation sites is 1. The lowest BCUT2D eigenvalue weighted by Gasteiger charge is -2.20. The molecule has 0 fully saturated rings. The van der Waals surface area contributed by atoms with Crippen molar-refractivity contribution in [3.8, 4) is 5.75 Å². The molecular formula is C16H18ClNO. The Hall–Kier alpha value is -1.67. The summed E-state index contributed by atoms with van der Waals surface area (Å²) < 4.78 is 5.39. The van der Waals surface area contributed by atoms with E-state index in [0.717, 1.165) is 27.6 Å². The topological polar surface area (TPSA) is 21.3 Å². The van der Waals surface area contributed by atoms with E-state index < -0.39 is 0 Å². The fourth-order valence-corrected chi connectivity index (χ4v) is 2.27. The Morgan fingerprint density at radius 3 is 2.58 bits per heavy atom. The number of halogens is 1. The first-order valence-electron chi connectivity index (χ1n) is 6.28. The van der Waals surface area contributed by atoms with Crippen LogP contribution in [0.15, 0.2) is 42.5 Å². The predicted molar refractivity (Wildman–Crippen MR) is 81.2 cm³/mol. The number of anilines is 1. The van der Waals surface area contributed by atoms with Crippen LogP contribution in [0.3, 0.4) is 0 Å². The lowest BCUT2D eigenvalue weighted by Crippen LogP contribution is -2.09. The van der Waals surface area contributed by atoms with Crippen LogP contribution in [-0.4, -0.2) is 7.11 Å². The Bertz CT molecular complexity index is 568. The van der Waals surface area contributed by atoms with Gasteiger partial charge in [-0.15, -0.1) is 0 Å². The molecule has 19 heavy (non-hydrogen) atoms. The molecule has 1 atom stereocenters. The van der Waals surface area contributed by atoms with Crippen molar-refractivity contribution in [3.05, 3.63) is 58.6 Å². The first-order valence-corrected chi connectivity index (χ1v) is 6.66. The highest BCUT2D eigenvalue weighted by atomic mass is 35.5. The molecule has 0 saturated carbocycles. The van der Waals surface area contributed by atoms with Crippen LogP contribution in [0.5, 0.6) is 5.75 Å². The van der Waals surface area contributed by atoms with E-state index in [0.29, 0.717) is 0 Å². The highest BCUT2D eigenvalue weighted by molar-refractivity contribution is 6.31. The molecule has 2 aromatic carbocycles. The maximum atomic E-state index is 6.14. The van der Waals surface area contributed by atoms with Gasteiger partial charge in [0.15, 0.2) is 0 Å². The van der Waals surface area contributed by atoms with Crippen LogP contribution in [-0.2, 0) is 0 Å². The van der Waals surface area contributed by atoms with Crippen LogP contribution < -0.4 is 10.1 Å². The van der Waals surface area contributed by atoms with Gasteiger partial charge in [-0.3, -0.25) is 0 Å². The second-order valence-corrected chi connectivity index (χ2v) is 4.93. The minimum absolute atomic E-state index is 0.147. The normalized spacial score (nSPS) is 12.0. The SMILES string of the molecule is COc1ccccc1C(C)Nc1cccc(Cl)c1C. The van der Waals surface area contributed by atoms with E-state index in [1.807, 2.05) is 43.3 Å². The zero-order valence-electron chi connectivity index (χ0n) is 11.4. The molecule has 0 radical (unpaired) electrons. The lowest BCUT2D eigenvalue weighted by molar-refractivity contribution is 0.408. The van der Waals surface area contributed by atoms with Crippen molar-refractivity contribution in [3.63, 3.8) is 0 Å². The molecule has 1 N–H and O–H groups in total. The van der Waals surface area contributed by atoms with Crippen molar-refractivity contribution in [2.24, 2.45) is 0 Å². The standard InChI is InChI=1S/C16H18ClNO/c1-11-14(17)8-6-9-15(11)18-12(2)13-7-4-5-10-16(13)19-3/h4-10,12,18H,1-3H3. The van der Waals surface area contributed by atoms with Crippen LogP contribution in [0.2, 0.25) is 5.02 Å². The lowest BCUT2D eigenvalue weighted by atomic mass is 10.1. The Labute approximate surface area is 119 Å². The summed E-state index contributed by atoms with van der Waals surface area (Å²) in [5.74, 6) is 0.891. The first-order chi connectivity index (χ1) is 9.13. The van der Waals surface area contributed by atoms with Crippen LogP contribution in [0.1, 0.15) is 24.1 Å². The minimum atomic E-state index is 0.147. The van der Waals surface area contributed by atoms with Gasteiger partial charge in [0.25, 0.3) is 0 Å². The number of rotatable bonds is 4. The summed E-state index contributed by atoms with van der Waals surface area (Å²) in [6, 6.07) is 14.1. The minimum Gasteiger partial charge on any atom is -0.496 e. The summed E-state index contributed by atoms with van der Waals surface area (Å²) >= 11 is 6.14. The highest BCUT2D eigenvalue weighted by Crippen LogP contribution is 2.30. The molecule has 0 spiro atoms. The van der Waals surface area contributed by atoms with Crippen LogP contribution in [0, 0.1) is 6.92 Å². The first kappa shape index (κ1) is 13.8. The number of nitrogens with one attached hydrogen (secondary N) is 1. The van der Waals surface area contributed by atoms with Gasteiger partial charge >= 0.3 is 0 Å². The molecule has 0 amide bonds. The average Bonchev–Trinajstić information content (AvgIpc) is 2.43. The molecule has 0 heterocycles. The fourth-order valence-electron chi connectivity index (χ4n) is 2.10. The molecule has 0 aliphatic carbocycles. The van der Waals surface area contributed by atoms with Gasteiger partial charge in [0.05, 0.1) is 13.2 Å². The van der Waals surface area contributed by atoms with Crippen molar-refractivity contribution in [2.75, 3.05) is 12.4 Å². The van der Waals surface area contributed by atoms with Gasteiger partial charge < -0.3 is 10.1 Å². The summed E-state index contributed by atoms with van der Waals surface area (Å²) in [6.45, 7) is 4.12. The smallest absolute Gasteiger partial charge is 0.124 e. The molecule has 2 aromatic rings. The van der Waals surface area contributed by atoms with Crippen molar-refractivity contribution in [1.82, 2.24) is 0 Å². The third-order valence-corrected chi connectivity index (χ3v) is 3.65. The number of methoxy groups -OCH3 is 1. The summed E-state index contributed by atoms with van der Waals surface area (Å²) in [4.78, 5) is 0. The maximum Gasteiger partial charge on any atom is 0.124 e. The van der Waals surface area contributed by atoms with Gasteiger partial charge in [-0.2, -0.15) is 0 Å². The largest absolute Gasteiger partial charge is 0.496 e. The highest BCUT2D eigenvalue weighted by Gasteiger charge is 2.12. The zero-order valence-corrected chi connectivity index (χ0v) is 12.2. The summed E-state index contributed by atoms with van der Waals surface area (Å²) in [7, 11) is 1.69. The van der Waals surface area contributed by atoms with Gasteiger partial charge in [0, 0.05) is 16.3 Å². The van der Waals surface area contributed by atoms with E-state index in [1.165, 1.54) is 0 Å². The fraction of sp³-hybridized carbons (Fsp3) is 0.250. The quantitative estimate of drug-likeness (QED) is 0.863. The molecule has 0 saturated heterocycles. The van der Waals surface area contributed by atoms with Gasteiger partial charge in [-0.1, -0.05) is 35.9 Å². The van der Waals surface area contributed by atoms with Crippen LogP contribution >= 0.6 is 11.6 Å². The third-order valence-electron chi connectivity index (χ3n) is 3.25. The molecule has 0 bridgehead atoms. The molecule has 1 unspecified atom stereocenters. The van der Waals surface area contributed by atoms with Gasteiger partial charge in [-0.05, 0) is 37.6 Å². The second kappa shape index (κ2) is 5.98. The monoisotopic (exact) mass is 275 g/mol. The molecule has 0 aromatic heterocycles. The van der Waals surface area contributed by atoms with E-state index in [2.05, 4.69) is 18.3 Å². The number of hydrogen-bond donors (Lipinski definition) is 1. The third kappa shape index (κ3) is 3.02. The summed E-state index contributed by atoms with van der Waals surface area (Å²) in [5.41, 5.74) is 3.24. The number of ether oxygens (including phenoxy) is 1. The van der Waals surface area contributed by atoms with Crippen LogP contribution in [0.4, 0.5) is 5.69 Å². The Morgan fingerprint density at radius 1 is 1.11 bits per heavy atom. The van der Waals surface area contributed by atoms with E-state index in [4.69, 9.17) is 16.3 Å². The van der Waals surface area contributed by atoms with Crippen molar-refractivity contribution in [1.29, 1.82) is 0 Å². The number of hydrogen-bond acceptors (Lipinski definition) is 2. The zero-order chi connectivity index (χ0) is 13.8. The van der Waals surface area contributed by atoms with Crippen LogP contribution in [0.25, 0.3) is 0 Å². The Kier molecular flexibility index (Phi) is 4.33. The van der Waals surface area contributed by atoms with E-state index in [-0.39, 0.29) is 6.04 Å². The van der Waals surface area contributed by atoms with Gasteiger partial charge in [-0.25, -0.2) is 0 Å². The van der Waals surface area contributed by atoms with E-state index in [9.17, 15) is 0 Å². The molecule has 2 nitrogen and oxygen atoms in total. The van der Waals surface area contributed by atoms with E-state index >= 15 is 0 Å². The average molecular weight is 276 g/mol. The molecule has 2 rings (SSSR count). The molecule has 0 aliphatic heterocycles. The van der Waals surface area contributed by atoms with Crippen molar-refractivity contribution in [2.45, 2.75) is 19.9 Å². The molecule has 3 heteroatoms. The van der Waals surface area contributed by atoms with E-state index in [1.54, 1.807) is 7.11 Å². The molecule has 0 aliphatic rings. The summed E-state index contributed by atoms with van der Waals surface area (Å²) in [5, 5.41) is 4.25. The summed E-state index contributed by atoms with van der Waals surface area (Å²) in [6.07, 6.45) is 0. The maximum absolute atomic E-state index is 6.14. The van der Waals surface area contributed by atoms with Gasteiger partial charge in [0.1, 0.15) is 5.75 Å². The molecular weight excluding hydrogens is 258 g/mol. The van der Waals surface area contributed by atoms with Crippen molar-refractivity contribution < 1.29 is 4.74 Å². The Balaban J connectivity index is 2.26. The molecule has 100 valence electrons. The van der Waals surface area contributed by atoms with Crippen molar-refractivity contribution >= 4 is 17.3 Å². The number of benzene rings is 2. The predicted octanol–water partition coefficient (Wildman–Crippen LogP) is 4.83. The second-order valence-electron chi connectivity index (χ2n) is 4.52.